The Kier molecular flexibility index (Phi) is 6.05. The molecule has 0 aromatic heterocycles. The molecule has 138 valence electrons. The number of benzene rings is 1. The van der Waals surface area contributed by atoms with Gasteiger partial charge in [-0.3, -0.25) is 15.0 Å². The van der Waals surface area contributed by atoms with Crippen LogP contribution in [0.15, 0.2) is 30.3 Å². The molecule has 25 heavy (non-hydrogen) atoms. The number of carbonyl (C=O) groups is 2. The number of esters is 1. The van der Waals surface area contributed by atoms with Crippen LogP contribution in [0.2, 0.25) is 0 Å². The molecular weight excluding hydrogens is 337 g/mol. The molecular formula is C17H22F3N2O3+. The SMILES string of the molecule is CCOC(=O)[C@@](NC(=O)c1ccccc1)([NH+]1CCCCC1)C(F)(F)F. The second-order valence-corrected chi connectivity index (χ2v) is 5.95. The van der Waals surface area contributed by atoms with Crippen molar-refractivity contribution in [3.63, 3.8) is 0 Å². The average molecular weight is 359 g/mol. The van der Waals surface area contributed by atoms with E-state index in [2.05, 4.69) is 0 Å². The topological polar surface area (TPSA) is 59.8 Å². The monoisotopic (exact) mass is 359 g/mol. The van der Waals surface area contributed by atoms with E-state index in [0.29, 0.717) is 12.8 Å². The van der Waals surface area contributed by atoms with E-state index in [0.717, 1.165) is 6.42 Å². The molecule has 1 amide bonds. The third kappa shape index (κ3) is 3.95. The van der Waals surface area contributed by atoms with Crippen LogP contribution in [0.3, 0.4) is 0 Å². The molecule has 5 nitrogen and oxygen atoms in total. The second kappa shape index (κ2) is 7.86. The first-order chi connectivity index (χ1) is 11.8. The molecule has 1 aliphatic rings. The Hall–Kier alpha value is -2.09. The van der Waals surface area contributed by atoms with Crippen LogP contribution in [0.25, 0.3) is 0 Å². The Morgan fingerprint density at radius 3 is 2.24 bits per heavy atom. The highest BCUT2D eigenvalue weighted by molar-refractivity contribution is 5.97. The fourth-order valence-electron chi connectivity index (χ4n) is 3.10. The molecule has 0 radical (unpaired) electrons. The predicted octanol–water partition coefficient (Wildman–Crippen LogP) is 1.31. The second-order valence-electron chi connectivity index (χ2n) is 5.95. The molecule has 0 bridgehead atoms. The molecule has 0 unspecified atom stereocenters. The fourth-order valence-corrected chi connectivity index (χ4v) is 3.10. The number of hydrogen-bond acceptors (Lipinski definition) is 3. The third-order valence-electron chi connectivity index (χ3n) is 4.33. The van der Waals surface area contributed by atoms with Crippen LogP contribution in [-0.4, -0.2) is 43.4 Å². The number of rotatable bonds is 5. The molecule has 2 N–H and O–H groups in total. The Bertz CT molecular complexity index is 601. The van der Waals surface area contributed by atoms with Gasteiger partial charge in [0.2, 0.25) is 0 Å². The van der Waals surface area contributed by atoms with Gasteiger partial charge in [-0.2, -0.15) is 13.2 Å². The maximum atomic E-state index is 14.1. The molecule has 1 aromatic rings. The van der Waals surface area contributed by atoms with Crippen LogP contribution in [0, 0.1) is 0 Å². The number of piperidine rings is 1. The molecule has 1 fully saturated rings. The summed E-state index contributed by atoms with van der Waals surface area (Å²) in [7, 11) is 0. The van der Waals surface area contributed by atoms with E-state index in [4.69, 9.17) is 4.74 Å². The van der Waals surface area contributed by atoms with Crippen LogP contribution in [0.4, 0.5) is 13.2 Å². The van der Waals surface area contributed by atoms with Crippen molar-refractivity contribution in [3.8, 4) is 0 Å². The number of quaternary nitrogens is 1. The molecule has 8 heteroatoms. The van der Waals surface area contributed by atoms with Crippen LogP contribution < -0.4 is 10.2 Å². The van der Waals surface area contributed by atoms with Crippen molar-refractivity contribution in [1.29, 1.82) is 0 Å². The minimum Gasteiger partial charge on any atom is -0.460 e. The minimum absolute atomic E-state index is 0.0334. The molecule has 1 saturated heterocycles. The van der Waals surface area contributed by atoms with Crippen LogP contribution in [0.5, 0.6) is 0 Å². The zero-order valence-electron chi connectivity index (χ0n) is 14.0. The van der Waals surface area contributed by atoms with E-state index in [-0.39, 0.29) is 30.2 Å². The summed E-state index contributed by atoms with van der Waals surface area (Å²) >= 11 is 0. The van der Waals surface area contributed by atoms with E-state index in [1.807, 2.05) is 5.32 Å². The fraction of sp³-hybridized carbons (Fsp3) is 0.529. The zero-order valence-corrected chi connectivity index (χ0v) is 14.0. The summed E-state index contributed by atoms with van der Waals surface area (Å²) < 4.78 is 46.9. The van der Waals surface area contributed by atoms with Crippen molar-refractivity contribution in [2.45, 2.75) is 38.0 Å². The van der Waals surface area contributed by atoms with Gasteiger partial charge in [0.15, 0.2) is 0 Å². The van der Waals surface area contributed by atoms with E-state index in [9.17, 15) is 22.8 Å². The van der Waals surface area contributed by atoms with Gasteiger partial charge in [0.25, 0.3) is 5.91 Å². The number of halogens is 3. The number of ether oxygens (including phenoxy) is 1. The van der Waals surface area contributed by atoms with E-state index in [1.54, 1.807) is 18.2 Å². The molecule has 0 saturated carbocycles. The highest BCUT2D eigenvalue weighted by Gasteiger charge is 2.70. The predicted molar refractivity (Wildman–Crippen MR) is 83.9 cm³/mol. The van der Waals surface area contributed by atoms with Gasteiger partial charge in [0.1, 0.15) is 0 Å². The largest absolute Gasteiger partial charge is 0.478 e. The van der Waals surface area contributed by atoms with Crippen LogP contribution in [-0.2, 0) is 9.53 Å². The highest BCUT2D eigenvalue weighted by atomic mass is 19.4. The minimum atomic E-state index is -4.99. The smallest absolute Gasteiger partial charge is 0.460 e. The van der Waals surface area contributed by atoms with Crippen molar-refractivity contribution in [3.05, 3.63) is 35.9 Å². The number of amides is 1. The molecule has 0 spiro atoms. The van der Waals surface area contributed by atoms with Gasteiger partial charge in [-0.1, -0.05) is 18.2 Å². The quantitative estimate of drug-likeness (QED) is 0.780. The summed E-state index contributed by atoms with van der Waals surface area (Å²) in [5, 5.41) is 1.97. The molecule has 1 heterocycles. The molecule has 0 aliphatic carbocycles. The average Bonchev–Trinajstić information content (AvgIpc) is 2.60. The summed E-state index contributed by atoms with van der Waals surface area (Å²) in [6.07, 6.45) is -3.09. The summed E-state index contributed by atoms with van der Waals surface area (Å²) in [6.45, 7) is 1.50. The Morgan fingerprint density at radius 1 is 1.12 bits per heavy atom. The normalized spacial score (nSPS) is 18.2. The lowest BCUT2D eigenvalue weighted by atomic mass is 10.0. The number of likely N-dealkylation sites (tertiary alicyclic amines) is 1. The van der Waals surface area contributed by atoms with Gasteiger partial charge in [0, 0.05) is 5.56 Å². The highest BCUT2D eigenvalue weighted by Crippen LogP contribution is 2.28. The lowest BCUT2D eigenvalue weighted by molar-refractivity contribution is -0.962. The standard InChI is InChI=1S/C17H21F3N2O3/c1-2-25-15(24)16(17(18,19)20,22-11-7-4-8-12-22)21-14(23)13-9-5-3-6-10-13/h3,5-6,9-10H,2,4,7-8,11-12H2,1H3,(H,21,23)/p+1/t16-/m1/s1. The lowest BCUT2D eigenvalue weighted by Crippen LogP contribution is -3.26. The first-order valence-electron chi connectivity index (χ1n) is 8.29. The maximum absolute atomic E-state index is 14.1. The first kappa shape index (κ1) is 19.2. The molecule has 1 aliphatic heterocycles. The Balaban J connectivity index is 2.44. The van der Waals surface area contributed by atoms with Crippen molar-refractivity contribution in [1.82, 2.24) is 5.32 Å². The lowest BCUT2D eigenvalue weighted by Gasteiger charge is -2.41. The van der Waals surface area contributed by atoms with Crippen molar-refractivity contribution in [2.24, 2.45) is 0 Å². The van der Waals surface area contributed by atoms with Gasteiger partial charge >= 0.3 is 17.8 Å². The van der Waals surface area contributed by atoms with Crippen LogP contribution >= 0.6 is 0 Å². The third-order valence-corrected chi connectivity index (χ3v) is 4.33. The molecule has 1 atom stereocenters. The van der Waals surface area contributed by atoms with E-state index in [1.165, 1.54) is 19.1 Å². The van der Waals surface area contributed by atoms with Gasteiger partial charge in [-0.25, -0.2) is 4.79 Å². The summed E-state index contributed by atoms with van der Waals surface area (Å²) in [4.78, 5) is 24.8. The van der Waals surface area contributed by atoms with Gasteiger partial charge in [0.05, 0.1) is 19.7 Å². The van der Waals surface area contributed by atoms with Crippen LogP contribution in [0.1, 0.15) is 36.5 Å². The first-order valence-corrected chi connectivity index (χ1v) is 8.29. The number of hydrogen-bond donors (Lipinski definition) is 2. The summed E-state index contributed by atoms with van der Waals surface area (Å²) in [5.74, 6) is -2.42. The molecule has 1 aromatic carbocycles. The zero-order chi connectivity index (χ0) is 18.5. The number of alkyl halides is 3. The van der Waals surface area contributed by atoms with Crippen molar-refractivity contribution in [2.75, 3.05) is 19.7 Å². The summed E-state index contributed by atoms with van der Waals surface area (Å²) in [5.41, 5.74) is -3.05. The van der Waals surface area contributed by atoms with E-state index >= 15 is 0 Å². The Morgan fingerprint density at radius 2 is 1.72 bits per heavy atom. The van der Waals surface area contributed by atoms with Gasteiger partial charge in [-0.05, 0) is 38.3 Å². The Labute approximate surface area is 144 Å². The van der Waals surface area contributed by atoms with E-state index < -0.39 is 23.7 Å². The number of carbonyl (C=O) groups excluding carboxylic acids is 2. The number of nitrogens with one attached hydrogen (secondary N) is 2. The molecule has 2 rings (SSSR count). The summed E-state index contributed by atoms with van der Waals surface area (Å²) in [6, 6.07) is 7.53. The van der Waals surface area contributed by atoms with Crippen molar-refractivity contribution >= 4 is 11.9 Å². The van der Waals surface area contributed by atoms with Gasteiger partial charge in [-0.15, -0.1) is 0 Å². The van der Waals surface area contributed by atoms with Gasteiger partial charge < -0.3 is 4.74 Å². The maximum Gasteiger partial charge on any atom is 0.478 e. The van der Waals surface area contributed by atoms with Crippen molar-refractivity contribution < 1.29 is 32.4 Å².